The van der Waals surface area contributed by atoms with E-state index in [-0.39, 0.29) is 11.9 Å². The number of nitrogens with zero attached hydrogens (tertiary/aromatic N) is 2. The van der Waals surface area contributed by atoms with E-state index < -0.39 is 0 Å². The summed E-state index contributed by atoms with van der Waals surface area (Å²) >= 11 is 7.74. The summed E-state index contributed by atoms with van der Waals surface area (Å²) < 4.78 is 1.65. The van der Waals surface area contributed by atoms with Crippen molar-refractivity contribution in [1.82, 2.24) is 15.1 Å². The number of hydrogen-bond acceptors (Lipinski definition) is 3. The minimum Gasteiger partial charge on any atom is -0.344 e. The van der Waals surface area contributed by atoms with Gasteiger partial charge in [0, 0.05) is 5.02 Å². The van der Waals surface area contributed by atoms with E-state index >= 15 is 0 Å². The van der Waals surface area contributed by atoms with Crippen LogP contribution in [0, 0.1) is 0 Å². The molecule has 0 saturated heterocycles. The van der Waals surface area contributed by atoms with Gasteiger partial charge in [0.05, 0.1) is 16.6 Å². The summed E-state index contributed by atoms with van der Waals surface area (Å²) in [6.07, 6.45) is 0. The first-order valence-corrected chi connectivity index (χ1v) is 10.1. The highest BCUT2D eigenvalue weighted by Gasteiger charge is 2.20. The molecule has 1 unspecified atom stereocenters. The summed E-state index contributed by atoms with van der Waals surface area (Å²) in [7, 11) is 0. The van der Waals surface area contributed by atoms with Crippen LogP contribution in [-0.2, 0) is 0 Å². The van der Waals surface area contributed by atoms with Crippen molar-refractivity contribution in [1.29, 1.82) is 0 Å². The van der Waals surface area contributed by atoms with Gasteiger partial charge in [-0.2, -0.15) is 5.10 Å². The molecule has 6 heteroatoms. The highest BCUT2D eigenvalue weighted by Crippen LogP contribution is 2.27. The lowest BCUT2D eigenvalue weighted by Crippen LogP contribution is -2.28. The molecule has 2 aromatic heterocycles. The molecule has 0 aliphatic carbocycles. The first-order valence-electron chi connectivity index (χ1n) is 8.87. The van der Waals surface area contributed by atoms with E-state index in [2.05, 4.69) is 10.4 Å². The Bertz CT molecular complexity index is 1090. The van der Waals surface area contributed by atoms with Crippen molar-refractivity contribution >= 4 is 28.8 Å². The number of carbonyl (C=O) groups excluding carboxylic acids is 1. The van der Waals surface area contributed by atoms with Crippen LogP contribution in [0.15, 0.2) is 78.2 Å². The van der Waals surface area contributed by atoms with Crippen LogP contribution in [0.5, 0.6) is 0 Å². The Morgan fingerprint density at radius 3 is 2.61 bits per heavy atom. The van der Waals surface area contributed by atoms with Gasteiger partial charge in [-0.15, -0.1) is 11.3 Å². The smallest absolute Gasteiger partial charge is 0.270 e. The number of thiophene rings is 1. The van der Waals surface area contributed by atoms with E-state index in [0.29, 0.717) is 10.7 Å². The van der Waals surface area contributed by atoms with E-state index in [1.807, 2.05) is 73.0 Å². The second-order valence-electron chi connectivity index (χ2n) is 6.39. The van der Waals surface area contributed by atoms with Crippen molar-refractivity contribution in [3.05, 3.63) is 94.5 Å². The molecular formula is C22H18ClN3OS. The number of amides is 1. The Kier molecular flexibility index (Phi) is 5.28. The zero-order valence-corrected chi connectivity index (χ0v) is 16.7. The van der Waals surface area contributed by atoms with Crippen molar-refractivity contribution in [3.63, 3.8) is 0 Å². The fourth-order valence-electron chi connectivity index (χ4n) is 2.99. The molecule has 140 valence electrons. The Labute approximate surface area is 172 Å². The average Bonchev–Trinajstić information content (AvgIpc) is 3.38. The number of rotatable bonds is 5. The Morgan fingerprint density at radius 1 is 1.07 bits per heavy atom. The third-order valence-electron chi connectivity index (χ3n) is 4.42. The molecular weight excluding hydrogens is 390 g/mol. The van der Waals surface area contributed by atoms with Crippen molar-refractivity contribution in [2.24, 2.45) is 0 Å². The molecule has 2 heterocycles. The molecule has 1 N–H and O–H groups in total. The van der Waals surface area contributed by atoms with Gasteiger partial charge in [0.2, 0.25) is 0 Å². The monoisotopic (exact) mass is 407 g/mol. The molecule has 0 fully saturated rings. The van der Waals surface area contributed by atoms with Crippen LogP contribution in [0.3, 0.4) is 0 Å². The molecule has 0 radical (unpaired) electrons. The van der Waals surface area contributed by atoms with Gasteiger partial charge in [-0.25, -0.2) is 4.68 Å². The Hall–Kier alpha value is -2.89. The molecule has 0 spiro atoms. The topological polar surface area (TPSA) is 46.9 Å². The maximum absolute atomic E-state index is 13.1. The summed E-state index contributed by atoms with van der Waals surface area (Å²) in [6.45, 7) is 1.97. The van der Waals surface area contributed by atoms with Crippen LogP contribution in [0.4, 0.5) is 0 Å². The predicted octanol–water partition coefficient (Wildman–Crippen LogP) is 5.75. The summed E-state index contributed by atoms with van der Waals surface area (Å²) in [4.78, 5) is 14.1. The fourth-order valence-corrected chi connectivity index (χ4v) is 3.85. The number of benzene rings is 2. The van der Waals surface area contributed by atoms with Gasteiger partial charge in [0.15, 0.2) is 0 Å². The van der Waals surface area contributed by atoms with Gasteiger partial charge < -0.3 is 5.32 Å². The summed E-state index contributed by atoms with van der Waals surface area (Å²) in [5.74, 6) is -0.188. The van der Waals surface area contributed by atoms with Gasteiger partial charge in [-0.3, -0.25) is 4.79 Å². The lowest BCUT2D eigenvalue weighted by Gasteiger charge is -2.15. The molecule has 0 saturated carbocycles. The van der Waals surface area contributed by atoms with Gasteiger partial charge in [0.25, 0.3) is 5.91 Å². The molecule has 4 aromatic rings. The lowest BCUT2D eigenvalue weighted by molar-refractivity contribution is 0.0932. The molecule has 2 aromatic carbocycles. The summed E-state index contributed by atoms with van der Waals surface area (Å²) in [5.41, 5.74) is 3.01. The third kappa shape index (κ3) is 3.86. The zero-order chi connectivity index (χ0) is 19.5. The summed E-state index contributed by atoms with van der Waals surface area (Å²) in [6, 6.07) is 22.8. The van der Waals surface area contributed by atoms with E-state index in [0.717, 1.165) is 21.8 Å². The maximum Gasteiger partial charge on any atom is 0.270 e. The number of aromatic nitrogens is 2. The van der Waals surface area contributed by atoms with Gasteiger partial charge in [0.1, 0.15) is 11.4 Å². The van der Waals surface area contributed by atoms with Gasteiger partial charge in [-0.1, -0.05) is 54.1 Å². The number of hydrogen-bond donors (Lipinski definition) is 1. The zero-order valence-electron chi connectivity index (χ0n) is 15.2. The molecule has 1 atom stereocenters. The number of halogens is 1. The molecule has 1 amide bonds. The largest absolute Gasteiger partial charge is 0.344 e. The van der Waals surface area contributed by atoms with Crippen molar-refractivity contribution in [2.45, 2.75) is 13.0 Å². The molecule has 28 heavy (non-hydrogen) atoms. The minimum absolute atomic E-state index is 0.124. The van der Waals surface area contributed by atoms with E-state index in [1.165, 1.54) is 0 Å². The van der Waals surface area contributed by atoms with Crippen LogP contribution < -0.4 is 5.32 Å². The standard InChI is InChI=1S/C22H18ClN3OS/c1-15(16-7-3-2-4-8-16)24-22(27)20-14-19(21-11-6-12-28-21)25-26(20)18-10-5-9-17(23)13-18/h2-15H,1H3,(H,24,27). The average molecular weight is 408 g/mol. The molecule has 4 rings (SSSR count). The van der Waals surface area contributed by atoms with Crippen LogP contribution in [-0.4, -0.2) is 15.7 Å². The third-order valence-corrected chi connectivity index (χ3v) is 5.54. The Morgan fingerprint density at radius 2 is 1.89 bits per heavy atom. The second-order valence-corrected chi connectivity index (χ2v) is 7.77. The highest BCUT2D eigenvalue weighted by atomic mass is 35.5. The maximum atomic E-state index is 13.1. The van der Waals surface area contributed by atoms with Crippen molar-refractivity contribution in [3.8, 4) is 16.3 Å². The highest BCUT2D eigenvalue weighted by molar-refractivity contribution is 7.13. The minimum atomic E-state index is -0.188. The number of nitrogens with one attached hydrogen (secondary N) is 1. The van der Waals surface area contributed by atoms with Gasteiger partial charge in [-0.05, 0) is 48.2 Å². The van der Waals surface area contributed by atoms with Crippen LogP contribution in [0.25, 0.3) is 16.3 Å². The summed E-state index contributed by atoms with van der Waals surface area (Å²) in [5, 5.41) is 10.3. The van der Waals surface area contributed by atoms with Gasteiger partial charge >= 0.3 is 0 Å². The second kappa shape index (κ2) is 8.00. The van der Waals surface area contributed by atoms with E-state index in [1.54, 1.807) is 28.2 Å². The quantitative estimate of drug-likeness (QED) is 0.458. The van der Waals surface area contributed by atoms with Crippen LogP contribution >= 0.6 is 22.9 Å². The van der Waals surface area contributed by atoms with Crippen molar-refractivity contribution in [2.75, 3.05) is 0 Å². The van der Waals surface area contributed by atoms with Crippen molar-refractivity contribution < 1.29 is 4.79 Å². The van der Waals surface area contributed by atoms with Crippen LogP contribution in [0.1, 0.15) is 29.0 Å². The predicted molar refractivity (Wildman–Crippen MR) is 114 cm³/mol. The first kappa shape index (κ1) is 18.5. The normalized spacial score (nSPS) is 11.9. The number of carbonyl (C=O) groups is 1. The molecule has 4 nitrogen and oxygen atoms in total. The Balaban J connectivity index is 1.71. The lowest BCUT2D eigenvalue weighted by atomic mass is 10.1. The molecule has 0 aliphatic rings. The molecule has 0 bridgehead atoms. The van der Waals surface area contributed by atoms with E-state index in [9.17, 15) is 4.79 Å². The van der Waals surface area contributed by atoms with E-state index in [4.69, 9.17) is 11.6 Å². The molecule has 0 aliphatic heterocycles. The fraction of sp³-hybridized carbons (Fsp3) is 0.0909. The van der Waals surface area contributed by atoms with Crippen LogP contribution in [0.2, 0.25) is 5.02 Å². The SMILES string of the molecule is CC(NC(=O)c1cc(-c2cccs2)nn1-c1cccc(Cl)c1)c1ccccc1. The first-order chi connectivity index (χ1) is 13.6.